The van der Waals surface area contributed by atoms with Crippen LogP contribution >= 0.6 is 0 Å². The van der Waals surface area contributed by atoms with E-state index in [1.807, 2.05) is 6.21 Å². The lowest BCUT2D eigenvalue weighted by Gasteiger charge is -2.24. The number of hydrogen-bond acceptors (Lipinski definition) is 2. The minimum absolute atomic E-state index is 1.05. The van der Waals surface area contributed by atoms with Gasteiger partial charge in [-0.05, 0) is 55.5 Å². The van der Waals surface area contributed by atoms with Gasteiger partial charge >= 0.3 is 0 Å². The van der Waals surface area contributed by atoms with Gasteiger partial charge in [-0.25, -0.2) is 0 Å². The summed E-state index contributed by atoms with van der Waals surface area (Å²) in [6.07, 6.45) is 6.27. The summed E-state index contributed by atoms with van der Waals surface area (Å²) in [6.45, 7) is 4.23. The Morgan fingerprint density at radius 1 is 1.00 bits per heavy atom. The van der Waals surface area contributed by atoms with E-state index in [4.69, 9.17) is 4.99 Å². The molecule has 1 aliphatic rings. The number of anilines is 2. The minimum Gasteiger partial charge on any atom is -0.343 e. The van der Waals surface area contributed by atoms with E-state index in [2.05, 4.69) is 74.3 Å². The normalized spacial score (nSPS) is 15.5. The summed E-state index contributed by atoms with van der Waals surface area (Å²) in [5.74, 6) is 0. The van der Waals surface area contributed by atoms with E-state index in [0.717, 1.165) is 18.5 Å². The van der Waals surface area contributed by atoms with Crippen molar-refractivity contribution in [3.05, 3.63) is 65.2 Å². The maximum atomic E-state index is 4.78. The summed E-state index contributed by atoms with van der Waals surface area (Å²) in [7, 11) is 2.12. The third-order valence-corrected chi connectivity index (χ3v) is 4.35. The number of allylic oxidation sites excluding steroid dienone is 2. The Labute approximate surface area is 132 Å². The first-order valence-electron chi connectivity index (χ1n) is 7.81. The van der Waals surface area contributed by atoms with Crippen LogP contribution in [0.1, 0.15) is 24.5 Å². The fraction of sp³-hybridized carbons (Fsp3) is 0.250. The van der Waals surface area contributed by atoms with Crippen molar-refractivity contribution in [2.75, 3.05) is 11.9 Å². The van der Waals surface area contributed by atoms with Crippen LogP contribution in [0, 0.1) is 6.92 Å². The van der Waals surface area contributed by atoms with E-state index in [0.29, 0.717) is 0 Å². The largest absolute Gasteiger partial charge is 0.343 e. The molecule has 0 saturated heterocycles. The number of nitrogens with zero attached hydrogens (tertiary/aromatic N) is 2. The first-order chi connectivity index (χ1) is 10.7. The second-order valence-electron chi connectivity index (χ2n) is 5.75. The van der Waals surface area contributed by atoms with Gasteiger partial charge in [0.2, 0.25) is 0 Å². The second kappa shape index (κ2) is 6.18. The quantitative estimate of drug-likeness (QED) is 0.727. The SMILES string of the molecule is C/C=C1\C=Nc2c(cccc2N(C)c2ccccc2C)CC1. The van der Waals surface area contributed by atoms with Crippen molar-refractivity contribution >= 4 is 23.3 Å². The molecule has 2 aromatic rings. The molecule has 0 atom stereocenters. The molecule has 1 heterocycles. The molecule has 0 fully saturated rings. The van der Waals surface area contributed by atoms with Gasteiger partial charge in [-0.2, -0.15) is 0 Å². The van der Waals surface area contributed by atoms with Crippen LogP contribution in [-0.2, 0) is 6.42 Å². The zero-order valence-corrected chi connectivity index (χ0v) is 13.5. The maximum Gasteiger partial charge on any atom is 0.0898 e. The molecule has 0 unspecified atom stereocenters. The molecule has 0 radical (unpaired) electrons. The van der Waals surface area contributed by atoms with Gasteiger partial charge in [0.1, 0.15) is 0 Å². The third-order valence-electron chi connectivity index (χ3n) is 4.35. The molecule has 0 aliphatic carbocycles. The predicted octanol–water partition coefficient (Wildman–Crippen LogP) is 5.36. The van der Waals surface area contributed by atoms with Crippen LogP contribution in [0.3, 0.4) is 0 Å². The highest BCUT2D eigenvalue weighted by atomic mass is 15.1. The summed E-state index contributed by atoms with van der Waals surface area (Å²) in [5.41, 5.74) is 7.40. The molecule has 0 amide bonds. The average molecular weight is 290 g/mol. The first kappa shape index (κ1) is 14.6. The summed E-state index contributed by atoms with van der Waals surface area (Å²) in [4.78, 5) is 7.02. The highest BCUT2D eigenvalue weighted by Crippen LogP contribution is 2.38. The zero-order valence-electron chi connectivity index (χ0n) is 13.5. The Balaban J connectivity index is 2.08. The van der Waals surface area contributed by atoms with E-state index in [1.54, 1.807) is 0 Å². The van der Waals surface area contributed by atoms with Crippen LogP contribution < -0.4 is 4.90 Å². The molecule has 1 aliphatic heterocycles. The van der Waals surface area contributed by atoms with E-state index in [9.17, 15) is 0 Å². The van der Waals surface area contributed by atoms with Crippen LogP contribution in [0.25, 0.3) is 0 Å². The topological polar surface area (TPSA) is 15.6 Å². The molecule has 2 aromatic carbocycles. The van der Waals surface area contributed by atoms with Crippen molar-refractivity contribution in [1.29, 1.82) is 0 Å². The van der Waals surface area contributed by atoms with E-state index < -0.39 is 0 Å². The number of hydrogen-bond donors (Lipinski definition) is 0. The third kappa shape index (κ3) is 2.69. The van der Waals surface area contributed by atoms with Gasteiger partial charge in [-0.1, -0.05) is 36.4 Å². The number of para-hydroxylation sites is 2. The molecule has 0 bridgehead atoms. The molecule has 0 N–H and O–H groups in total. The van der Waals surface area contributed by atoms with Crippen molar-refractivity contribution in [2.45, 2.75) is 26.7 Å². The smallest absolute Gasteiger partial charge is 0.0898 e. The summed E-state index contributed by atoms with van der Waals surface area (Å²) < 4.78 is 0. The summed E-state index contributed by atoms with van der Waals surface area (Å²) >= 11 is 0. The molecule has 0 saturated carbocycles. The molecular formula is C20H22N2. The molecular weight excluding hydrogens is 268 g/mol. The Bertz CT molecular complexity index is 741. The van der Waals surface area contributed by atoms with Crippen LogP contribution in [0.4, 0.5) is 17.1 Å². The lowest BCUT2D eigenvalue weighted by molar-refractivity contribution is 0.985. The van der Waals surface area contributed by atoms with Crippen molar-refractivity contribution < 1.29 is 0 Å². The van der Waals surface area contributed by atoms with Crippen molar-refractivity contribution in [3.63, 3.8) is 0 Å². The van der Waals surface area contributed by atoms with Crippen molar-refractivity contribution in [2.24, 2.45) is 4.99 Å². The van der Waals surface area contributed by atoms with Gasteiger partial charge in [0, 0.05) is 18.9 Å². The number of fused-ring (bicyclic) bond motifs is 1. The van der Waals surface area contributed by atoms with Crippen LogP contribution in [0.5, 0.6) is 0 Å². The van der Waals surface area contributed by atoms with Crippen LogP contribution in [-0.4, -0.2) is 13.3 Å². The molecule has 22 heavy (non-hydrogen) atoms. The molecule has 112 valence electrons. The second-order valence-corrected chi connectivity index (χ2v) is 5.75. The number of rotatable bonds is 2. The lowest BCUT2D eigenvalue weighted by Crippen LogP contribution is -2.11. The van der Waals surface area contributed by atoms with Gasteiger partial charge in [0.15, 0.2) is 0 Å². The highest BCUT2D eigenvalue weighted by molar-refractivity contribution is 5.87. The summed E-state index contributed by atoms with van der Waals surface area (Å²) in [6, 6.07) is 15.0. The number of aliphatic imine (C=N–C) groups is 1. The van der Waals surface area contributed by atoms with E-state index in [1.165, 1.54) is 28.1 Å². The average Bonchev–Trinajstić information content (AvgIpc) is 2.76. The Hall–Kier alpha value is -2.35. The van der Waals surface area contributed by atoms with Crippen molar-refractivity contribution in [1.82, 2.24) is 0 Å². The zero-order chi connectivity index (χ0) is 15.5. The first-order valence-corrected chi connectivity index (χ1v) is 7.81. The number of aryl methyl sites for hydroxylation is 2. The van der Waals surface area contributed by atoms with Crippen LogP contribution in [0.15, 0.2) is 59.1 Å². The monoisotopic (exact) mass is 290 g/mol. The van der Waals surface area contributed by atoms with Crippen molar-refractivity contribution in [3.8, 4) is 0 Å². The highest BCUT2D eigenvalue weighted by Gasteiger charge is 2.15. The maximum absolute atomic E-state index is 4.78. The minimum atomic E-state index is 1.05. The van der Waals surface area contributed by atoms with E-state index in [-0.39, 0.29) is 0 Å². The van der Waals surface area contributed by atoms with Gasteiger partial charge in [0.25, 0.3) is 0 Å². The summed E-state index contributed by atoms with van der Waals surface area (Å²) in [5, 5.41) is 0. The van der Waals surface area contributed by atoms with E-state index >= 15 is 0 Å². The number of benzene rings is 2. The Morgan fingerprint density at radius 3 is 2.55 bits per heavy atom. The molecule has 2 heteroatoms. The van der Waals surface area contributed by atoms with Gasteiger partial charge in [-0.3, -0.25) is 4.99 Å². The molecule has 2 nitrogen and oxygen atoms in total. The Morgan fingerprint density at radius 2 is 1.77 bits per heavy atom. The lowest BCUT2D eigenvalue weighted by atomic mass is 10.0. The van der Waals surface area contributed by atoms with Crippen LogP contribution in [0.2, 0.25) is 0 Å². The Kier molecular flexibility index (Phi) is 4.10. The standard InChI is InChI=1S/C20H22N2/c1-4-16-12-13-17-9-7-11-19(20(17)21-14-16)22(3)18-10-6-5-8-15(18)2/h4-11,14H,12-13H2,1-3H3/b16-4-. The van der Waals surface area contributed by atoms with Gasteiger partial charge in [-0.15, -0.1) is 0 Å². The van der Waals surface area contributed by atoms with Gasteiger partial charge in [0.05, 0.1) is 11.4 Å². The molecule has 0 spiro atoms. The molecule has 3 rings (SSSR count). The fourth-order valence-electron chi connectivity index (χ4n) is 2.98. The predicted molar refractivity (Wildman–Crippen MR) is 95.9 cm³/mol. The van der Waals surface area contributed by atoms with Gasteiger partial charge < -0.3 is 4.90 Å². The fourth-order valence-corrected chi connectivity index (χ4v) is 2.98. The molecule has 0 aromatic heterocycles.